The predicted octanol–water partition coefficient (Wildman–Crippen LogP) is -0.223. The van der Waals surface area contributed by atoms with Crippen LogP contribution in [0.5, 0.6) is 0 Å². The highest BCUT2D eigenvalue weighted by Gasteiger charge is 2.15. The van der Waals surface area contributed by atoms with Gasteiger partial charge in [-0.15, -0.1) is 0 Å². The zero-order valence-electron chi connectivity index (χ0n) is 12.1. The van der Waals surface area contributed by atoms with Gasteiger partial charge in [-0.2, -0.15) is 0 Å². The van der Waals surface area contributed by atoms with Crippen molar-refractivity contribution in [1.29, 1.82) is 0 Å². The van der Waals surface area contributed by atoms with Crippen molar-refractivity contribution in [3.8, 4) is 0 Å². The van der Waals surface area contributed by atoms with E-state index in [0.717, 1.165) is 18.8 Å². The lowest BCUT2D eigenvalue weighted by molar-refractivity contribution is -0.136. The molecule has 0 bridgehead atoms. The number of rotatable bonds is 4. The minimum Gasteiger partial charge on any atom is -0.379 e. The van der Waals surface area contributed by atoms with Crippen LogP contribution in [-0.2, 0) is 14.3 Å². The topological polar surface area (TPSA) is 83.6 Å². The molecule has 1 fully saturated rings. The molecule has 0 aromatic carbocycles. The third kappa shape index (κ3) is 5.13. The first-order valence-corrected chi connectivity index (χ1v) is 6.98. The summed E-state index contributed by atoms with van der Waals surface area (Å²) in [5.41, 5.74) is 0.778. The second kappa shape index (κ2) is 7.70. The molecule has 2 heterocycles. The maximum absolute atomic E-state index is 11.7. The molecule has 0 aliphatic carbocycles. The molecule has 1 aliphatic heterocycles. The zero-order chi connectivity index (χ0) is 15.1. The first kappa shape index (κ1) is 15.4. The standard InChI is InChI=1S/C14H20N4O3/c1-11-3-2-4-12(16-11)17-14(20)13(19)15-5-6-18-7-9-21-10-8-18/h2-4H,5-10H2,1H3,(H,15,19)(H,16,17,20). The van der Waals surface area contributed by atoms with E-state index >= 15 is 0 Å². The Morgan fingerprint density at radius 3 is 2.76 bits per heavy atom. The van der Waals surface area contributed by atoms with Crippen molar-refractivity contribution in [2.75, 3.05) is 44.7 Å². The van der Waals surface area contributed by atoms with Gasteiger partial charge in [0.05, 0.1) is 13.2 Å². The summed E-state index contributed by atoms with van der Waals surface area (Å²) < 4.78 is 5.24. The number of nitrogens with one attached hydrogen (secondary N) is 2. The van der Waals surface area contributed by atoms with Gasteiger partial charge >= 0.3 is 11.8 Å². The number of hydrogen-bond acceptors (Lipinski definition) is 5. The van der Waals surface area contributed by atoms with Gasteiger partial charge in [0.15, 0.2) is 0 Å². The molecule has 1 aromatic heterocycles. The number of aromatic nitrogens is 1. The predicted molar refractivity (Wildman–Crippen MR) is 77.9 cm³/mol. The molecule has 2 rings (SSSR count). The smallest absolute Gasteiger partial charge is 0.314 e. The maximum Gasteiger partial charge on any atom is 0.314 e. The van der Waals surface area contributed by atoms with Crippen molar-refractivity contribution in [2.24, 2.45) is 0 Å². The molecule has 1 saturated heterocycles. The molecular weight excluding hydrogens is 272 g/mol. The van der Waals surface area contributed by atoms with E-state index in [2.05, 4.69) is 20.5 Å². The number of morpholine rings is 1. The zero-order valence-corrected chi connectivity index (χ0v) is 12.1. The molecule has 7 heteroatoms. The van der Waals surface area contributed by atoms with Gasteiger partial charge in [-0.05, 0) is 19.1 Å². The van der Waals surface area contributed by atoms with Crippen LogP contribution in [-0.4, -0.2) is 61.1 Å². The van der Waals surface area contributed by atoms with Crippen molar-refractivity contribution >= 4 is 17.6 Å². The fourth-order valence-corrected chi connectivity index (χ4v) is 2.02. The van der Waals surface area contributed by atoms with Crippen LogP contribution >= 0.6 is 0 Å². The average Bonchev–Trinajstić information content (AvgIpc) is 2.48. The summed E-state index contributed by atoms with van der Waals surface area (Å²) in [7, 11) is 0. The van der Waals surface area contributed by atoms with Gasteiger partial charge in [0, 0.05) is 31.9 Å². The monoisotopic (exact) mass is 292 g/mol. The van der Waals surface area contributed by atoms with E-state index in [1.807, 2.05) is 13.0 Å². The molecular formula is C14H20N4O3. The van der Waals surface area contributed by atoms with Gasteiger partial charge in [-0.25, -0.2) is 4.98 Å². The summed E-state index contributed by atoms with van der Waals surface area (Å²) in [6, 6.07) is 5.23. The van der Waals surface area contributed by atoms with Crippen molar-refractivity contribution in [3.05, 3.63) is 23.9 Å². The Morgan fingerprint density at radius 1 is 1.29 bits per heavy atom. The van der Waals surface area contributed by atoms with E-state index in [-0.39, 0.29) is 0 Å². The number of ether oxygens (including phenoxy) is 1. The fourth-order valence-electron chi connectivity index (χ4n) is 2.02. The Kier molecular flexibility index (Phi) is 5.65. The quantitative estimate of drug-likeness (QED) is 0.750. The number of carbonyl (C=O) groups excluding carboxylic acids is 2. The van der Waals surface area contributed by atoms with Crippen LogP contribution in [0.3, 0.4) is 0 Å². The Hall–Kier alpha value is -1.99. The van der Waals surface area contributed by atoms with Crippen LogP contribution in [0.15, 0.2) is 18.2 Å². The second-order valence-electron chi connectivity index (χ2n) is 4.83. The molecule has 0 saturated carbocycles. The summed E-state index contributed by atoms with van der Waals surface area (Å²) in [6.45, 7) is 6.11. The van der Waals surface area contributed by atoms with Crippen LogP contribution in [0.1, 0.15) is 5.69 Å². The van der Waals surface area contributed by atoms with Crippen LogP contribution < -0.4 is 10.6 Å². The van der Waals surface area contributed by atoms with E-state index in [0.29, 0.717) is 32.1 Å². The van der Waals surface area contributed by atoms with Gasteiger partial charge in [-0.3, -0.25) is 14.5 Å². The summed E-state index contributed by atoms with van der Waals surface area (Å²) in [6.07, 6.45) is 0. The van der Waals surface area contributed by atoms with Crippen LogP contribution in [0, 0.1) is 6.92 Å². The van der Waals surface area contributed by atoms with Gasteiger partial charge in [0.1, 0.15) is 5.82 Å². The molecule has 21 heavy (non-hydrogen) atoms. The number of aryl methyl sites for hydroxylation is 1. The highest BCUT2D eigenvalue weighted by Crippen LogP contribution is 2.03. The second-order valence-corrected chi connectivity index (χ2v) is 4.83. The van der Waals surface area contributed by atoms with Gasteiger partial charge in [0.2, 0.25) is 0 Å². The first-order valence-electron chi connectivity index (χ1n) is 6.98. The molecule has 1 aliphatic rings. The summed E-state index contributed by atoms with van der Waals surface area (Å²) in [5.74, 6) is -0.968. The minimum atomic E-state index is -0.699. The number of nitrogens with zero attached hydrogens (tertiary/aromatic N) is 2. The van der Waals surface area contributed by atoms with Crippen molar-refractivity contribution < 1.29 is 14.3 Å². The number of hydrogen-bond donors (Lipinski definition) is 2. The van der Waals surface area contributed by atoms with Gasteiger partial charge in [-0.1, -0.05) is 6.07 Å². The average molecular weight is 292 g/mol. The number of carbonyl (C=O) groups is 2. The number of pyridine rings is 1. The molecule has 1 aromatic rings. The van der Waals surface area contributed by atoms with Crippen molar-refractivity contribution in [3.63, 3.8) is 0 Å². The summed E-state index contributed by atoms with van der Waals surface area (Å²) in [5, 5.41) is 5.08. The highest BCUT2D eigenvalue weighted by molar-refractivity contribution is 6.39. The normalized spacial score (nSPS) is 15.5. The first-order chi connectivity index (χ1) is 10.1. The van der Waals surface area contributed by atoms with E-state index < -0.39 is 11.8 Å². The van der Waals surface area contributed by atoms with E-state index in [9.17, 15) is 9.59 Å². The fraction of sp³-hybridized carbons (Fsp3) is 0.500. The third-order valence-electron chi connectivity index (χ3n) is 3.15. The maximum atomic E-state index is 11.7. The molecule has 114 valence electrons. The number of anilines is 1. The van der Waals surface area contributed by atoms with Crippen LogP contribution in [0.25, 0.3) is 0 Å². The molecule has 2 amide bonds. The largest absolute Gasteiger partial charge is 0.379 e. The summed E-state index contributed by atoms with van der Waals surface area (Å²) in [4.78, 5) is 29.7. The SMILES string of the molecule is Cc1cccc(NC(=O)C(=O)NCCN2CCOCC2)n1. The van der Waals surface area contributed by atoms with Crippen molar-refractivity contribution in [1.82, 2.24) is 15.2 Å². The van der Waals surface area contributed by atoms with Gasteiger partial charge in [0.25, 0.3) is 0 Å². The third-order valence-corrected chi connectivity index (χ3v) is 3.15. The Bertz CT molecular complexity index is 501. The molecule has 7 nitrogen and oxygen atoms in total. The molecule has 0 atom stereocenters. The minimum absolute atomic E-state index is 0.378. The molecule has 0 radical (unpaired) electrons. The van der Waals surface area contributed by atoms with Crippen molar-refractivity contribution in [2.45, 2.75) is 6.92 Å². The van der Waals surface area contributed by atoms with E-state index in [1.165, 1.54) is 0 Å². The Labute approximate surface area is 123 Å². The lowest BCUT2D eigenvalue weighted by Gasteiger charge is -2.26. The van der Waals surface area contributed by atoms with Gasteiger partial charge < -0.3 is 15.4 Å². The van der Waals surface area contributed by atoms with E-state index in [4.69, 9.17) is 4.74 Å². The van der Waals surface area contributed by atoms with Crippen LogP contribution in [0.4, 0.5) is 5.82 Å². The van der Waals surface area contributed by atoms with E-state index in [1.54, 1.807) is 12.1 Å². The molecule has 0 spiro atoms. The highest BCUT2D eigenvalue weighted by atomic mass is 16.5. The summed E-state index contributed by atoms with van der Waals surface area (Å²) >= 11 is 0. The lowest BCUT2D eigenvalue weighted by atomic mass is 10.3. The molecule has 0 unspecified atom stereocenters. The Morgan fingerprint density at radius 2 is 2.05 bits per heavy atom. The Balaban J connectivity index is 1.71. The number of amides is 2. The molecule has 2 N–H and O–H groups in total. The van der Waals surface area contributed by atoms with Crippen LogP contribution in [0.2, 0.25) is 0 Å². The lowest BCUT2D eigenvalue weighted by Crippen LogP contribution is -2.43.